The molecule has 0 aliphatic heterocycles. The Labute approximate surface area is 186 Å². The van der Waals surface area contributed by atoms with Gasteiger partial charge < -0.3 is 20.1 Å². The molecule has 3 N–H and O–H groups in total. The molecular weight excluding hydrogens is 497 g/mol. The first kappa shape index (κ1) is 19.8. The van der Waals surface area contributed by atoms with Gasteiger partial charge in [0.1, 0.15) is 11.9 Å². The molecule has 0 bridgehead atoms. The Balaban J connectivity index is 1.50. The van der Waals surface area contributed by atoms with Crippen molar-refractivity contribution in [1.29, 1.82) is 0 Å². The minimum atomic E-state index is -1.07. The molecule has 5 atom stereocenters. The van der Waals surface area contributed by atoms with E-state index in [1.165, 1.54) is 12.5 Å². The van der Waals surface area contributed by atoms with Crippen LogP contribution in [-0.4, -0.2) is 47.7 Å². The molecule has 2 unspecified atom stereocenters. The number of aliphatic hydroxyl groups is 2. The highest BCUT2D eigenvalue weighted by molar-refractivity contribution is 14.1. The number of aryl methyl sites for hydroxylation is 1. The van der Waals surface area contributed by atoms with Crippen LogP contribution in [0.3, 0.4) is 0 Å². The summed E-state index contributed by atoms with van der Waals surface area (Å²) >= 11 is 2.06. The monoisotopic (exact) mass is 519 g/mol. The summed E-state index contributed by atoms with van der Waals surface area (Å²) in [6.07, 6.45) is 0.0946. The van der Waals surface area contributed by atoms with Gasteiger partial charge in [0.15, 0.2) is 20.8 Å². The number of nitrogens with one attached hydrogen (secondary N) is 1. The van der Waals surface area contributed by atoms with Crippen molar-refractivity contribution in [2.75, 3.05) is 5.32 Å². The second-order valence-electron chi connectivity index (χ2n) is 8.34. The number of fused-ring (bicyclic) bond motifs is 2. The zero-order chi connectivity index (χ0) is 21.2. The van der Waals surface area contributed by atoms with Crippen LogP contribution in [0.1, 0.15) is 30.5 Å². The number of carbonyl (C=O) groups is 1. The zero-order valence-electron chi connectivity index (χ0n) is 16.6. The molecule has 2 saturated carbocycles. The topological polar surface area (TPSA) is 113 Å². The summed E-state index contributed by atoms with van der Waals surface area (Å²) in [5, 5.41) is 24.6. The maximum absolute atomic E-state index is 12.2. The number of anilines is 1. The van der Waals surface area contributed by atoms with Crippen molar-refractivity contribution in [3.8, 4) is 0 Å². The summed E-state index contributed by atoms with van der Waals surface area (Å²) in [5.74, 6) is 0.427. The van der Waals surface area contributed by atoms with Gasteiger partial charge in [0.05, 0.1) is 23.9 Å². The number of aliphatic hydroxyl groups excluding tert-OH is 2. The quantitative estimate of drug-likeness (QED) is 0.350. The number of carbonyl (C=O) groups excluding carboxylic acids is 1. The highest BCUT2D eigenvalue weighted by Crippen LogP contribution is 2.68. The van der Waals surface area contributed by atoms with Crippen molar-refractivity contribution in [2.24, 2.45) is 11.3 Å². The number of imidazole rings is 1. The first-order valence-corrected chi connectivity index (χ1v) is 11.0. The van der Waals surface area contributed by atoms with E-state index in [-0.39, 0.29) is 11.7 Å². The fourth-order valence-corrected chi connectivity index (χ4v) is 5.48. The minimum Gasteiger partial charge on any atom is -0.389 e. The molecule has 2 heterocycles. The number of nitrogens with zero attached hydrogens (tertiary/aromatic N) is 4. The van der Waals surface area contributed by atoms with E-state index < -0.39 is 23.7 Å². The van der Waals surface area contributed by atoms with E-state index in [4.69, 9.17) is 0 Å². The number of aromatic nitrogens is 4. The SMILES string of the molecule is CC(=O)[C@]12CC1[C@@H](n1cnc3c(NCc4cccc(C)c4)nc(I)nc31)[C@H](O)C2O. The lowest BCUT2D eigenvalue weighted by molar-refractivity contribution is -0.128. The third kappa shape index (κ3) is 2.86. The molecule has 0 saturated heterocycles. The molecule has 5 rings (SSSR count). The maximum atomic E-state index is 12.2. The lowest BCUT2D eigenvalue weighted by Gasteiger charge is -2.23. The number of rotatable bonds is 5. The van der Waals surface area contributed by atoms with Gasteiger partial charge >= 0.3 is 0 Å². The molecule has 2 aliphatic carbocycles. The van der Waals surface area contributed by atoms with Crippen molar-refractivity contribution >= 4 is 45.4 Å². The Hall–Kier alpha value is -2.11. The third-order valence-corrected chi connectivity index (χ3v) is 7.07. The van der Waals surface area contributed by atoms with Crippen LogP contribution in [0.15, 0.2) is 30.6 Å². The van der Waals surface area contributed by atoms with Crippen molar-refractivity contribution in [3.05, 3.63) is 45.6 Å². The number of benzene rings is 1. The summed E-state index contributed by atoms with van der Waals surface area (Å²) in [6, 6.07) is 7.79. The predicted octanol–water partition coefficient (Wildman–Crippen LogP) is 2.22. The molecule has 1 aromatic carbocycles. The first-order valence-electron chi connectivity index (χ1n) is 9.89. The van der Waals surface area contributed by atoms with Gasteiger partial charge in [0.25, 0.3) is 0 Å². The van der Waals surface area contributed by atoms with E-state index in [1.807, 2.05) is 12.1 Å². The van der Waals surface area contributed by atoms with Crippen LogP contribution in [0.2, 0.25) is 0 Å². The summed E-state index contributed by atoms with van der Waals surface area (Å²) in [7, 11) is 0. The van der Waals surface area contributed by atoms with Gasteiger partial charge in [-0.2, -0.15) is 0 Å². The van der Waals surface area contributed by atoms with Crippen LogP contribution in [0.25, 0.3) is 11.2 Å². The van der Waals surface area contributed by atoms with Gasteiger partial charge in [-0.15, -0.1) is 0 Å². The smallest absolute Gasteiger partial charge is 0.194 e. The highest BCUT2D eigenvalue weighted by Gasteiger charge is 2.74. The predicted molar refractivity (Wildman–Crippen MR) is 119 cm³/mol. The van der Waals surface area contributed by atoms with E-state index in [0.29, 0.717) is 33.8 Å². The van der Waals surface area contributed by atoms with Crippen LogP contribution in [-0.2, 0) is 11.3 Å². The molecule has 8 nitrogen and oxygen atoms in total. The standard InChI is InChI=1S/C21H22IN5O3/c1-10-4-3-5-12(6-10)8-23-18-14-19(26-20(22)25-18)27(9-24-14)15-13-7-21(13,11(2)28)17(30)16(15)29/h3-6,9,13,15-17,29-30H,7-8H2,1-2H3,(H,23,25,26)/t13?,15-,16+,17?,21-/m1/s1. The molecule has 30 heavy (non-hydrogen) atoms. The molecular formula is C21H22IN5O3. The molecule has 0 amide bonds. The highest BCUT2D eigenvalue weighted by atomic mass is 127. The Kier molecular flexibility index (Phi) is 4.60. The number of halogens is 1. The summed E-state index contributed by atoms with van der Waals surface area (Å²) in [5.41, 5.74) is 2.67. The van der Waals surface area contributed by atoms with Crippen LogP contribution in [0.5, 0.6) is 0 Å². The number of Topliss-reactive ketones (excluding diaryl/α,β-unsaturated/α-hetero) is 1. The second kappa shape index (κ2) is 6.96. The van der Waals surface area contributed by atoms with Gasteiger partial charge in [-0.3, -0.25) is 4.79 Å². The van der Waals surface area contributed by atoms with Crippen molar-refractivity contribution in [2.45, 2.75) is 45.1 Å². The Morgan fingerprint density at radius 2 is 2.17 bits per heavy atom. The molecule has 2 fully saturated rings. The van der Waals surface area contributed by atoms with Crippen LogP contribution < -0.4 is 5.32 Å². The lowest BCUT2D eigenvalue weighted by Crippen LogP contribution is -2.36. The van der Waals surface area contributed by atoms with Gasteiger partial charge in [0, 0.05) is 29.1 Å². The van der Waals surface area contributed by atoms with E-state index in [9.17, 15) is 15.0 Å². The van der Waals surface area contributed by atoms with Crippen molar-refractivity contribution < 1.29 is 15.0 Å². The molecule has 156 valence electrons. The largest absolute Gasteiger partial charge is 0.389 e. The average Bonchev–Trinajstić information content (AvgIpc) is 3.25. The maximum Gasteiger partial charge on any atom is 0.194 e. The van der Waals surface area contributed by atoms with Gasteiger partial charge in [-0.1, -0.05) is 29.8 Å². The van der Waals surface area contributed by atoms with E-state index in [0.717, 1.165) is 5.56 Å². The van der Waals surface area contributed by atoms with E-state index in [2.05, 4.69) is 61.9 Å². The molecule has 9 heteroatoms. The molecule has 2 aliphatic rings. The second-order valence-corrected chi connectivity index (χ2v) is 9.31. The molecule has 3 aromatic rings. The number of hydrogen-bond donors (Lipinski definition) is 3. The Bertz CT molecular complexity index is 1160. The fourth-order valence-electron chi connectivity index (χ4n) is 5.01. The average molecular weight is 519 g/mol. The first-order chi connectivity index (χ1) is 14.3. The minimum absolute atomic E-state index is 0.0734. The molecule has 2 aromatic heterocycles. The van der Waals surface area contributed by atoms with Gasteiger partial charge in [0.2, 0.25) is 0 Å². The number of hydrogen-bond acceptors (Lipinski definition) is 7. The van der Waals surface area contributed by atoms with Crippen molar-refractivity contribution in [1.82, 2.24) is 19.5 Å². The normalized spacial score (nSPS) is 29.8. The fraction of sp³-hybridized carbons (Fsp3) is 0.429. The van der Waals surface area contributed by atoms with Crippen LogP contribution in [0, 0.1) is 22.1 Å². The van der Waals surface area contributed by atoms with Crippen LogP contribution >= 0.6 is 22.6 Å². The van der Waals surface area contributed by atoms with E-state index in [1.54, 1.807) is 10.9 Å². The Morgan fingerprint density at radius 3 is 2.87 bits per heavy atom. The van der Waals surface area contributed by atoms with Gasteiger partial charge in [-0.05, 0) is 31.7 Å². The summed E-state index contributed by atoms with van der Waals surface area (Å²) in [4.78, 5) is 25.7. The Morgan fingerprint density at radius 1 is 1.37 bits per heavy atom. The number of ketones is 1. The molecule has 0 radical (unpaired) electrons. The summed E-state index contributed by atoms with van der Waals surface area (Å²) < 4.78 is 2.35. The van der Waals surface area contributed by atoms with Crippen molar-refractivity contribution in [3.63, 3.8) is 0 Å². The van der Waals surface area contributed by atoms with E-state index >= 15 is 0 Å². The van der Waals surface area contributed by atoms with Crippen LogP contribution in [0.4, 0.5) is 5.82 Å². The zero-order valence-corrected chi connectivity index (χ0v) is 18.7. The third-order valence-electron chi connectivity index (χ3n) is 6.59. The lowest BCUT2D eigenvalue weighted by atomic mass is 9.95. The molecule has 0 spiro atoms. The van der Waals surface area contributed by atoms with Gasteiger partial charge in [-0.25, -0.2) is 15.0 Å². The summed E-state index contributed by atoms with van der Waals surface area (Å²) in [6.45, 7) is 4.14.